The van der Waals surface area contributed by atoms with E-state index in [0.29, 0.717) is 6.04 Å². The molecule has 3 rings (SSSR count). The maximum absolute atomic E-state index is 12.4. The van der Waals surface area contributed by atoms with Gasteiger partial charge in [-0.05, 0) is 38.0 Å². The minimum Gasteiger partial charge on any atom is -0.484 e. The van der Waals surface area contributed by atoms with Crippen molar-refractivity contribution in [3.8, 4) is 5.75 Å². The Bertz CT molecular complexity index is 692. The summed E-state index contributed by atoms with van der Waals surface area (Å²) < 4.78 is 5.62. The molecule has 1 aliphatic rings. The van der Waals surface area contributed by atoms with Gasteiger partial charge in [-0.3, -0.25) is 9.69 Å². The number of carbonyl (C=O) groups excluding carboxylic acids is 1. The second kappa shape index (κ2) is 8.86. The Morgan fingerprint density at radius 2 is 1.65 bits per heavy atom. The fraction of sp³-hybridized carbons (Fsp3) is 0.409. The molecule has 0 aliphatic carbocycles. The zero-order valence-corrected chi connectivity index (χ0v) is 15.7. The summed E-state index contributed by atoms with van der Waals surface area (Å²) >= 11 is 0. The molecule has 1 atom stereocenters. The molecule has 0 radical (unpaired) electrons. The summed E-state index contributed by atoms with van der Waals surface area (Å²) in [6.07, 6.45) is 1.05. The zero-order valence-electron chi connectivity index (χ0n) is 15.7. The van der Waals surface area contributed by atoms with Gasteiger partial charge in [-0.2, -0.15) is 0 Å². The number of nitrogens with zero attached hydrogens (tertiary/aromatic N) is 2. The largest absolute Gasteiger partial charge is 0.484 e. The number of piperazine rings is 1. The van der Waals surface area contributed by atoms with E-state index >= 15 is 0 Å². The average molecular weight is 352 g/mol. The van der Waals surface area contributed by atoms with Crippen LogP contribution in [0.1, 0.15) is 18.1 Å². The third-order valence-electron chi connectivity index (χ3n) is 5.05. The van der Waals surface area contributed by atoms with Crippen molar-refractivity contribution in [3.63, 3.8) is 0 Å². The number of hydrogen-bond donors (Lipinski definition) is 0. The third kappa shape index (κ3) is 5.09. The van der Waals surface area contributed by atoms with Crippen molar-refractivity contribution in [2.75, 3.05) is 32.8 Å². The lowest BCUT2D eigenvalue weighted by Gasteiger charge is -2.38. The SMILES string of the molecule is Cc1ccc(OCC(=O)N2CCN(C(C)Cc3ccccc3)CC2)cc1. The molecule has 1 aliphatic heterocycles. The summed E-state index contributed by atoms with van der Waals surface area (Å²) in [6.45, 7) is 7.81. The average Bonchev–Trinajstić information content (AvgIpc) is 2.68. The molecule has 1 unspecified atom stereocenters. The standard InChI is InChI=1S/C22H28N2O2/c1-18-8-10-21(11-9-18)26-17-22(25)24-14-12-23(13-15-24)19(2)16-20-6-4-3-5-7-20/h3-11,19H,12-17H2,1-2H3. The highest BCUT2D eigenvalue weighted by Gasteiger charge is 2.24. The van der Waals surface area contributed by atoms with Crippen LogP contribution in [0.15, 0.2) is 54.6 Å². The van der Waals surface area contributed by atoms with E-state index < -0.39 is 0 Å². The molecule has 1 amide bonds. The first-order chi connectivity index (χ1) is 12.6. The van der Waals surface area contributed by atoms with Crippen LogP contribution in [-0.4, -0.2) is 54.5 Å². The van der Waals surface area contributed by atoms with E-state index in [1.807, 2.05) is 36.1 Å². The second-order valence-corrected chi connectivity index (χ2v) is 7.06. The first-order valence-electron chi connectivity index (χ1n) is 9.37. The van der Waals surface area contributed by atoms with Gasteiger partial charge in [-0.15, -0.1) is 0 Å². The summed E-state index contributed by atoms with van der Waals surface area (Å²) in [6, 6.07) is 18.9. The lowest BCUT2D eigenvalue weighted by molar-refractivity contribution is -0.135. The third-order valence-corrected chi connectivity index (χ3v) is 5.05. The molecule has 2 aromatic rings. The van der Waals surface area contributed by atoms with Crippen molar-refractivity contribution in [3.05, 3.63) is 65.7 Å². The molecule has 0 spiro atoms. The molecule has 1 heterocycles. The van der Waals surface area contributed by atoms with Gasteiger partial charge in [0.25, 0.3) is 5.91 Å². The highest BCUT2D eigenvalue weighted by molar-refractivity contribution is 5.77. The Kier molecular flexibility index (Phi) is 6.29. The maximum atomic E-state index is 12.4. The number of amides is 1. The predicted octanol–water partition coefficient (Wildman–Crippen LogP) is 3.15. The molecular weight excluding hydrogens is 324 g/mol. The van der Waals surface area contributed by atoms with Crippen molar-refractivity contribution in [1.82, 2.24) is 9.80 Å². The van der Waals surface area contributed by atoms with E-state index in [4.69, 9.17) is 4.74 Å². The van der Waals surface area contributed by atoms with Crippen LogP contribution in [-0.2, 0) is 11.2 Å². The molecule has 1 fully saturated rings. The molecule has 4 nitrogen and oxygen atoms in total. The number of aryl methyl sites for hydroxylation is 1. The molecule has 138 valence electrons. The van der Waals surface area contributed by atoms with Gasteiger partial charge in [-0.25, -0.2) is 0 Å². The Hall–Kier alpha value is -2.33. The molecule has 0 saturated carbocycles. The van der Waals surface area contributed by atoms with E-state index in [9.17, 15) is 4.79 Å². The number of rotatable bonds is 6. The normalized spacial score (nSPS) is 16.3. The van der Waals surface area contributed by atoms with E-state index in [1.165, 1.54) is 11.1 Å². The minimum absolute atomic E-state index is 0.0703. The molecule has 0 N–H and O–H groups in total. The van der Waals surface area contributed by atoms with Crippen molar-refractivity contribution in [2.45, 2.75) is 26.3 Å². The predicted molar refractivity (Wildman–Crippen MR) is 104 cm³/mol. The van der Waals surface area contributed by atoms with Gasteiger partial charge >= 0.3 is 0 Å². The van der Waals surface area contributed by atoms with Gasteiger partial charge in [0.15, 0.2) is 6.61 Å². The summed E-state index contributed by atoms with van der Waals surface area (Å²) in [5.41, 5.74) is 2.55. The van der Waals surface area contributed by atoms with Crippen molar-refractivity contribution in [1.29, 1.82) is 0 Å². The van der Waals surface area contributed by atoms with Gasteiger partial charge in [0.2, 0.25) is 0 Å². The first-order valence-corrected chi connectivity index (χ1v) is 9.37. The lowest BCUT2D eigenvalue weighted by atomic mass is 10.1. The van der Waals surface area contributed by atoms with Crippen LogP contribution in [0.25, 0.3) is 0 Å². The summed E-state index contributed by atoms with van der Waals surface area (Å²) in [5.74, 6) is 0.819. The zero-order chi connectivity index (χ0) is 18.4. The Balaban J connectivity index is 1.42. The van der Waals surface area contributed by atoms with Crippen LogP contribution in [0.2, 0.25) is 0 Å². The number of benzene rings is 2. The second-order valence-electron chi connectivity index (χ2n) is 7.06. The highest BCUT2D eigenvalue weighted by atomic mass is 16.5. The summed E-state index contributed by atoms with van der Waals surface area (Å²) in [7, 11) is 0. The van der Waals surface area contributed by atoms with E-state index in [1.54, 1.807) is 0 Å². The van der Waals surface area contributed by atoms with Crippen LogP contribution < -0.4 is 4.74 Å². The summed E-state index contributed by atoms with van der Waals surface area (Å²) in [5, 5.41) is 0. The summed E-state index contributed by atoms with van der Waals surface area (Å²) in [4.78, 5) is 16.8. The number of hydrogen-bond acceptors (Lipinski definition) is 3. The van der Waals surface area contributed by atoms with Gasteiger partial charge in [-0.1, -0.05) is 48.0 Å². The molecule has 2 aromatic carbocycles. The van der Waals surface area contributed by atoms with E-state index in [2.05, 4.69) is 42.2 Å². The van der Waals surface area contributed by atoms with Gasteiger partial charge in [0.05, 0.1) is 0 Å². The number of ether oxygens (including phenoxy) is 1. The number of carbonyl (C=O) groups is 1. The van der Waals surface area contributed by atoms with Crippen molar-refractivity contribution >= 4 is 5.91 Å². The molecule has 26 heavy (non-hydrogen) atoms. The fourth-order valence-electron chi connectivity index (χ4n) is 3.37. The van der Waals surface area contributed by atoms with E-state index in [0.717, 1.165) is 38.3 Å². The van der Waals surface area contributed by atoms with Crippen LogP contribution in [0.4, 0.5) is 0 Å². The van der Waals surface area contributed by atoms with Crippen LogP contribution in [0, 0.1) is 6.92 Å². The highest BCUT2D eigenvalue weighted by Crippen LogP contribution is 2.14. The molecule has 4 heteroatoms. The molecular formula is C22H28N2O2. The van der Waals surface area contributed by atoms with Crippen LogP contribution in [0.3, 0.4) is 0 Å². The minimum atomic E-state index is 0.0703. The fourth-order valence-corrected chi connectivity index (χ4v) is 3.37. The lowest BCUT2D eigenvalue weighted by Crippen LogP contribution is -2.52. The quantitative estimate of drug-likeness (QED) is 0.801. The van der Waals surface area contributed by atoms with Gasteiger partial charge in [0, 0.05) is 32.2 Å². The topological polar surface area (TPSA) is 32.8 Å². The van der Waals surface area contributed by atoms with Gasteiger partial charge in [0.1, 0.15) is 5.75 Å². The Labute approximate surface area is 156 Å². The maximum Gasteiger partial charge on any atom is 0.260 e. The van der Waals surface area contributed by atoms with Crippen molar-refractivity contribution in [2.24, 2.45) is 0 Å². The van der Waals surface area contributed by atoms with Gasteiger partial charge < -0.3 is 9.64 Å². The molecule has 1 saturated heterocycles. The Morgan fingerprint density at radius 1 is 1.00 bits per heavy atom. The van der Waals surface area contributed by atoms with Crippen LogP contribution in [0.5, 0.6) is 5.75 Å². The first kappa shape index (κ1) is 18.5. The Morgan fingerprint density at radius 3 is 2.31 bits per heavy atom. The monoisotopic (exact) mass is 352 g/mol. The molecule has 0 aromatic heterocycles. The van der Waals surface area contributed by atoms with Crippen LogP contribution >= 0.6 is 0 Å². The van der Waals surface area contributed by atoms with E-state index in [-0.39, 0.29) is 12.5 Å². The van der Waals surface area contributed by atoms with Crippen molar-refractivity contribution < 1.29 is 9.53 Å². The molecule has 0 bridgehead atoms. The smallest absolute Gasteiger partial charge is 0.260 e.